The number of nitrogens with zero attached hydrogens (tertiary/aromatic N) is 2. The van der Waals surface area contributed by atoms with Crippen molar-refractivity contribution in [3.05, 3.63) is 30.3 Å². The maximum atomic E-state index is 12.6. The molecule has 2 atom stereocenters. The molecule has 1 aromatic rings. The van der Waals surface area contributed by atoms with E-state index in [1.807, 2.05) is 0 Å². The summed E-state index contributed by atoms with van der Waals surface area (Å²) < 4.78 is 0. The molecule has 114 valence electrons. The highest BCUT2D eigenvalue weighted by Crippen LogP contribution is 2.29. The van der Waals surface area contributed by atoms with Gasteiger partial charge in [-0.15, -0.1) is 0 Å². The lowest BCUT2D eigenvalue weighted by Gasteiger charge is -2.46. The van der Waals surface area contributed by atoms with Crippen LogP contribution in [-0.4, -0.2) is 36.0 Å². The van der Waals surface area contributed by atoms with E-state index in [-0.39, 0.29) is 0 Å². The molecule has 0 radical (unpaired) electrons. The van der Waals surface area contributed by atoms with Gasteiger partial charge in [0, 0.05) is 36.8 Å². The molecule has 0 aromatic heterocycles. The van der Waals surface area contributed by atoms with Crippen LogP contribution < -0.4 is 4.90 Å². The summed E-state index contributed by atoms with van der Waals surface area (Å²) in [5, 5.41) is 0. The first kappa shape index (κ1) is 14.4. The van der Waals surface area contributed by atoms with Crippen molar-refractivity contribution in [1.29, 1.82) is 0 Å². The van der Waals surface area contributed by atoms with Gasteiger partial charge in [0.05, 0.1) is 0 Å². The first-order valence-corrected chi connectivity index (χ1v) is 8.29. The Hall–Kier alpha value is -1.51. The third kappa shape index (κ3) is 2.92. The zero-order chi connectivity index (χ0) is 14.8. The molecule has 2 aliphatic rings. The van der Waals surface area contributed by atoms with Crippen molar-refractivity contribution in [3.8, 4) is 0 Å². The number of rotatable bonds is 2. The molecule has 1 saturated heterocycles. The molecule has 1 heterocycles. The van der Waals surface area contributed by atoms with Crippen molar-refractivity contribution in [1.82, 2.24) is 4.90 Å². The van der Waals surface area contributed by atoms with Gasteiger partial charge in [-0.05, 0) is 38.8 Å². The van der Waals surface area contributed by atoms with E-state index in [0.29, 0.717) is 23.9 Å². The molecule has 1 amide bonds. The van der Waals surface area contributed by atoms with Crippen LogP contribution in [0.4, 0.5) is 5.69 Å². The molecule has 0 spiro atoms. The van der Waals surface area contributed by atoms with Crippen molar-refractivity contribution in [2.45, 2.75) is 51.6 Å². The van der Waals surface area contributed by atoms with Crippen LogP contribution >= 0.6 is 0 Å². The van der Waals surface area contributed by atoms with Crippen molar-refractivity contribution >= 4 is 11.6 Å². The summed E-state index contributed by atoms with van der Waals surface area (Å²) >= 11 is 0. The van der Waals surface area contributed by atoms with Gasteiger partial charge in [-0.1, -0.05) is 31.0 Å². The van der Waals surface area contributed by atoms with E-state index in [1.54, 1.807) is 0 Å². The van der Waals surface area contributed by atoms with Gasteiger partial charge in [-0.25, -0.2) is 0 Å². The lowest BCUT2D eigenvalue weighted by molar-refractivity contribution is -0.136. The normalized spacial score (nSPS) is 27.1. The number of anilines is 1. The van der Waals surface area contributed by atoms with E-state index in [1.165, 1.54) is 18.5 Å². The van der Waals surface area contributed by atoms with Gasteiger partial charge in [0.25, 0.3) is 0 Å². The van der Waals surface area contributed by atoms with E-state index in [2.05, 4.69) is 54.0 Å². The average Bonchev–Trinajstić information content (AvgIpc) is 3.01. The predicted octanol–water partition coefficient (Wildman–Crippen LogP) is 3.30. The molecule has 1 aromatic carbocycles. The maximum absolute atomic E-state index is 12.6. The maximum Gasteiger partial charge on any atom is 0.225 e. The minimum atomic E-state index is 0.299. The van der Waals surface area contributed by atoms with Crippen LogP contribution in [0.3, 0.4) is 0 Å². The Morgan fingerprint density at radius 1 is 1.00 bits per heavy atom. The van der Waals surface area contributed by atoms with Crippen LogP contribution in [0.5, 0.6) is 0 Å². The Morgan fingerprint density at radius 2 is 1.57 bits per heavy atom. The van der Waals surface area contributed by atoms with E-state index in [0.717, 1.165) is 25.9 Å². The number of carbonyl (C=O) groups excluding carboxylic acids is 1. The highest BCUT2D eigenvalue weighted by Gasteiger charge is 2.35. The first-order chi connectivity index (χ1) is 10.2. The van der Waals surface area contributed by atoms with Gasteiger partial charge < -0.3 is 9.80 Å². The largest absolute Gasteiger partial charge is 0.363 e. The fraction of sp³-hybridized carbons (Fsp3) is 0.611. The first-order valence-electron chi connectivity index (χ1n) is 8.29. The standard InChI is InChI=1S/C18H26N2O/c1-14-12-19(18(21)16-8-6-7-9-16)13-15(2)20(14)17-10-4-3-5-11-17/h3-5,10-11,14-16H,6-9,12-13H2,1-2H3. The van der Waals surface area contributed by atoms with E-state index >= 15 is 0 Å². The molecule has 2 fully saturated rings. The minimum Gasteiger partial charge on any atom is -0.363 e. The zero-order valence-corrected chi connectivity index (χ0v) is 13.2. The highest BCUT2D eigenvalue weighted by molar-refractivity contribution is 5.79. The smallest absolute Gasteiger partial charge is 0.225 e. The second-order valence-electron chi connectivity index (χ2n) is 6.67. The molecular formula is C18H26N2O. The summed E-state index contributed by atoms with van der Waals surface area (Å²) in [6.07, 6.45) is 4.65. The van der Waals surface area contributed by atoms with Crippen LogP contribution in [0.1, 0.15) is 39.5 Å². The lowest BCUT2D eigenvalue weighted by Crippen LogP contribution is -2.59. The number of benzene rings is 1. The van der Waals surface area contributed by atoms with Gasteiger partial charge in [0.2, 0.25) is 5.91 Å². The minimum absolute atomic E-state index is 0.299. The quantitative estimate of drug-likeness (QED) is 0.833. The van der Waals surface area contributed by atoms with Gasteiger partial charge in [0.15, 0.2) is 0 Å². The Balaban J connectivity index is 1.70. The summed E-state index contributed by atoms with van der Waals surface area (Å²) in [6.45, 7) is 6.18. The van der Waals surface area contributed by atoms with Crippen LogP contribution in [0, 0.1) is 5.92 Å². The molecule has 0 bridgehead atoms. The Labute approximate surface area is 127 Å². The number of para-hydroxylation sites is 1. The van der Waals surface area contributed by atoms with Gasteiger partial charge in [-0.3, -0.25) is 4.79 Å². The number of piperazine rings is 1. The SMILES string of the molecule is CC1CN(C(=O)C2CCCC2)CC(C)N1c1ccccc1. The molecule has 0 N–H and O–H groups in total. The Kier molecular flexibility index (Phi) is 4.18. The van der Waals surface area contributed by atoms with Crippen LogP contribution in [-0.2, 0) is 4.79 Å². The Bertz CT molecular complexity index is 469. The summed E-state index contributed by atoms with van der Waals surface area (Å²) in [4.78, 5) is 17.2. The second-order valence-corrected chi connectivity index (χ2v) is 6.67. The summed E-state index contributed by atoms with van der Waals surface area (Å²) in [7, 11) is 0. The molecule has 1 aliphatic carbocycles. The predicted molar refractivity (Wildman–Crippen MR) is 86.4 cm³/mol. The van der Waals surface area contributed by atoms with Crippen molar-refractivity contribution < 1.29 is 4.79 Å². The highest BCUT2D eigenvalue weighted by atomic mass is 16.2. The van der Waals surface area contributed by atoms with Crippen molar-refractivity contribution in [3.63, 3.8) is 0 Å². The van der Waals surface area contributed by atoms with E-state index in [9.17, 15) is 4.79 Å². The van der Waals surface area contributed by atoms with E-state index in [4.69, 9.17) is 0 Å². The third-order valence-electron chi connectivity index (χ3n) is 4.99. The zero-order valence-electron chi connectivity index (χ0n) is 13.2. The summed E-state index contributed by atoms with van der Waals surface area (Å²) in [5.41, 5.74) is 1.27. The fourth-order valence-electron chi connectivity index (χ4n) is 4.04. The van der Waals surface area contributed by atoms with Crippen LogP contribution in [0.2, 0.25) is 0 Å². The molecule has 3 nitrogen and oxygen atoms in total. The van der Waals surface area contributed by atoms with Gasteiger partial charge in [0.1, 0.15) is 0 Å². The van der Waals surface area contributed by atoms with Crippen molar-refractivity contribution in [2.24, 2.45) is 5.92 Å². The third-order valence-corrected chi connectivity index (χ3v) is 4.99. The average molecular weight is 286 g/mol. The molecule has 1 saturated carbocycles. The molecule has 3 rings (SSSR count). The van der Waals surface area contributed by atoms with Gasteiger partial charge in [-0.2, -0.15) is 0 Å². The number of hydrogen-bond donors (Lipinski definition) is 0. The van der Waals surface area contributed by atoms with Crippen LogP contribution in [0.25, 0.3) is 0 Å². The summed E-state index contributed by atoms with van der Waals surface area (Å²) in [5.74, 6) is 0.701. The molecule has 21 heavy (non-hydrogen) atoms. The number of hydrogen-bond acceptors (Lipinski definition) is 2. The number of carbonyl (C=O) groups is 1. The monoisotopic (exact) mass is 286 g/mol. The lowest BCUT2D eigenvalue weighted by atomic mass is 10.0. The molecule has 2 unspecified atom stereocenters. The van der Waals surface area contributed by atoms with Crippen molar-refractivity contribution in [2.75, 3.05) is 18.0 Å². The van der Waals surface area contributed by atoms with Gasteiger partial charge >= 0.3 is 0 Å². The molecule has 3 heteroatoms. The van der Waals surface area contributed by atoms with E-state index < -0.39 is 0 Å². The topological polar surface area (TPSA) is 23.6 Å². The second kappa shape index (κ2) is 6.08. The summed E-state index contributed by atoms with van der Waals surface area (Å²) in [6, 6.07) is 11.3. The van der Waals surface area contributed by atoms with Crippen LogP contribution in [0.15, 0.2) is 30.3 Å². The molecular weight excluding hydrogens is 260 g/mol. The Morgan fingerprint density at radius 3 is 2.14 bits per heavy atom. The number of amides is 1. The fourth-order valence-corrected chi connectivity index (χ4v) is 4.04. The molecule has 1 aliphatic heterocycles.